The molecule has 0 amide bonds. The Morgan fingerprint density at radius 1 is 1.00 bits per heavy atom. The number of hydrogen-bond acceptors (Lipinski definition) is 2. The summed E-state index contributed by atoms with van der Waals surface area (Å²) in [6.45, 7) is 15.6. The van der Waals surface area contributed by atoms with Crippen LogP contribution in [0.15, 0.2) is 22.6 Å². The first-order valence-electron chi connectivity index (χ1n) is 7.76. The van der Waals surface area contributed by atoms with Crippen molar-refractivity contribution in [3.63, 3.8) is 0 Å². The lowest BCUT2D eigenvalue weighted by molar-refractivity contribution is 0.253. The molecule has 1 N–H and O–H groups in total. The minimum absolute atomic E-state index is 0.0796. The molecule has 1 atom stereocenters. The second kappa shape index (κ2) is 5.17. The minimum Gasteiger partial charge on any atom is -0.459 e. The molecule has 0 aliphatic heterocycles. The van der Waals surface area contributed by atoms with E-state index in [2.05, 4.69) is 72.0 Å². The van der Waals surface area contributed by atoms with Gasteiger partial charge in [0.05, 0.1) is 6.04 Å². The van der Waals surface area contributed by atoms with Gasteiger partial charge in [-0.15, -0.1) is 0 Å². The Bertz CT molecular complexity index is 638. The number of aryl methyl sites for hydroxylation is 1. The fourth-order valence-electron chi connectivity index (χ4n) is 3.02. The smallest absolute Gasteiger partial charge is 0.138 e. The molecule has 1 heterocycles. The van der Waals surface area contributed by atoms with Gasteiger partial charge in [0.25, 0.3) is 0 Å². The Labute approximate surface area is 128 Å². The van der Waals surface area contributed by atoms with Gasteiger partial charge in [-0.2, -0.15) is 0 Å². The molecule has 1 aromatic carbocycles. The maximum absolute atomic E-state index is 6.30. The highest BCUT2D eigenvalue weighted by atomic mass is 16.3. The number of hydrogen-bond donors (Lipinski definition) is 1. The highest BCUT2D eigenvalue weighted by Crippen LogP contribution is 2.38. The lowest BCUT2D eigenvalue weighted by Gasteiger charge is -2.28. The second-order valence-electron chi connectivity index (χ2n) is 8.22. The lowest BCUT2D eigenvalue weighted by Crippen LogP contribution is -2.29. The number of nitrogens with one attached hydrogen (secondary N) is 1. The van der Waals surface area contributed by atoms with Gasteiger partial charge in [-0.1, -0.05) is 47.6 Å². The Kier molecular flexibility index (Phi) is 3.96. The summed E-state index contributed by atoms with van der Waals surface area (Å²) < 4.78 is 6.30. The summed E-state index contributed by atoms with van der Waals surface area (Å²) in [5, 5.41) is 4.61. The second-order valence-corrected chi connectivity index (χ2v) is 8.22. The molecule has 0 bridgehead atoms. The molecule has 0 fully saturated rings. The monoisotopic (exact) mass is 287 g/mol. The Morgan fingerprint density at radius 3 is 2.10 bits per heavy atom. The number of fused-ring (bicyclic) bond motifs is 1. The first-order chi connectivity index (χ1) is 9.54. The Morgan fingerprint density at radius 2 is 1.62 bits per heavy atom. The van der Waals surface area contributed by atoms with Crippen LogP contribution in [0, 0.1) is 12.3 Å². The zero-order chi connectivity index (χ0) is 16.0. The van der Waals surface area contributed by atoms with Crippen molar-refractivity contribution in [1.82, 2.24) is 5.32 Å². The minimum atomic E-state index is 0.0796. The molecule has 1 aromatic heterocycles. The van der Waals surface area contributed by atoms with Gasteiger partial charge in [-0.3, -0.25) is 0 Å². The van der Waals surface area contributed by atoms with Gasteiger partial charge in [0.1, 0.15) is 11.3 Å². The summed E-state index contributed by atoms with van der Waals surface area (Å²) >= 11 is 0. The predicted octanol–water partition coefficient (Wildman–Crippen LogP) is 5.35. The lowest BCUT2D eigenvalue weighted by atomic mass is 9.84. The van der Waals surface area contributed by atoms with Crippen LogP contribution >= 0.6 is 0 Å². The van der Waals surface area contributed by atoms with Crippen molar-refractivity contribution in [3.8, 4) is 0 Å². The zero-order valence-electron chi connectivity index (χ0n) is 14.7. The highest BCUT2D eigenvalue weighted by molar-refractivity contribution is 5.83. The first kappa shape index (κ1) is 16.1. The summed E-state index contributed by atoms with van der Waals surface area (Å²) in [5.74, 6) is 1.02. The zero-order valence-corrected chi connectivity index (χ0v) is 14.7. The molecule has 0 spiro atoms. The summed E-state index contributed by atoms with van der Waals surface area (Å²) in [5.41, 5.74) is 3.80. The van der Waals surface area contributed by atoms with E-state index in [0.717, 1.165) is 11.3 Å². The van der Waals surface area contributed by atoms with Crippen molar-refractivity contribution in [1.29, 1.82) is 0 Å². The Balaban J connectivity index is 2.66. The van der Waals surface area contributed by atoms with Crippen molar-refractivity contribution < 1.29 is 4.42 Å². The maximum atomic E-state index is 6.30. The van der Waals surface area contributed by atoms with Gasteiger partial charge in [0.15, 0.2) is 0 Å². The van der Waals surface area contributed by atoms with E-state index in [-0.39, 0.29) is 16.9 Å². The normalized spacial score (nSPS) is 14.7. The molecular formula is C19H29NO. The fourth-order valence-corrected chi connectivity index (χ4v) is 3.02. The van der Waals surface area contributed by atoms with Crippen molar-refractivity contribution in [2.75, 3.05) is 7.05 Å². The van der Waals surface area contributed by atoms with E-state index in [1.54, 1.807) is 0 Å². The molecular weight excluding hydrogens is 258 g/mol. The fraction of sp³-hybridized carbons (Fsp3) is 0.579. The third-order valence-electron chi connectivity index (χ3n) is 4.03. The van der Waals surface area contributed by atoms with E-state index >= 15 is 0 Å². The van der Waals surface area contributed by atoms with Crippen LogP contribution < -0.4 is 5.32 Å². The molecule has 0 aliphatic carbocycles. The summed E-state index contributed by atoms with van der Waals surface area (Å²) in [7, 11) is 2.00. The summed E-state index contributed by atoms with van der Waals surface area (Å²) in [4.78, 5) is 0. The van der Waals surface area contributed by atoms with Crippen molar-refractivity contribution in [2.45, 2.75) is 59.9 Å². The molecule has 0 saturated carbocycles. The van der Waals surface area contributed by atoms with E-state index in [9.17, 15) is 0 Å². The van der Waals surface area contributed by atoms with Crippen molar-refractivity contribution in [3.05, 3.63) is 35.1 Å². The molecule has 1 unspecified atom stereocenters. The SMILES string of the molecule is CNC(c1cc2cc(C)cc(C(C)(C)C)c2o1)C(C)(C)C. The molecule has 2 aromatic rings. The van der Waals surface area contributed by atoms with Crippen molar-refractivity contribution in [2.24, 2.45) is 5.41 Å². The van der Waals surface area contributed by atoms with Crippen LogP contribution in [0.1, 0.15) is 64.5 Å². The molecule has 0 saturated heterocycles. The first-order valence-corrected chi connectivity index (χ1v) is 7.76. The van der Waals surface area contributed by atoms with Crippen LogP contribution in [0.5, 0.6) is 0 Å². The van der Waals surface area contributed by atoms with Gasteiger partial charge < -0.3 is 9.73 Å². The molecule has 2 heteroatoms. The maximum Gasteiger partial charge on any atom is 0.138 e. The Hall–Kier alpha value is -1.28. The van der Waals surface area contributed by atoms with Gasteiger partial charge in [-0.25, -0.2) is 0 Å². The topological polar surface area (TPSA) is 25.2 Å². The van der Waals surface area contributed by atoms with Crippen LogP contribution in [0.3, 0.4) is 0 Å². The molecule has 2 rings (SSSR count). The number of furan rings is 1. The summed E-state index contributed by atoms with van der Waals surface area (Å²) in [6, 6.07) is 6.87. The molecule has 116 valence electrons. The largest absolute Gasteiger partial charge is 0.459 e. The average molecular weight is 287 g/mol. The van der Waals surface area contributed by atoms with Crippen LogP contribution in [0.25, 0.3) is 11.0 Å². The van der Waals surface area contributed by atoms with E-state index in [1.165, 1.54) is 16.5 Å². The molecule has 2 nitrogen and oxygen atoms in total. The van der Waals surface area contributed by atoms with E-state index in [0.29, 0.717) is 0 Å². The van der Waals surface area contributed by atoms with Gasteiger partial charge in [0.2, 0.25) is 0 Å². The predicted molar refractivity (Wildman–Crippen MR) is 90.9 cm³/mol. The summed E-state index contributed by atoms with van der Waals surface area (Å²) in [6.07, 6.45) is 0. The highest BCUT2D eigenvalue weighted by Gasteiger charge is 2.29. The van der Waals surface area contributed by atoms with Gasteiger partial charge in [-0.05, 0) is 42.5 Å². The van der Waals surface area contributed by atoms with Gasteiger partial charge >= 0.3 is 0 Å². The number of rotatable bonds is 2. The third kappa shape index (κ3) is 3.16. The van der Waals surface area contributed by atoms with Crippen LogP contribution in [0.4, 0.5) is 0 Å². The average Bonchev–Trinajstić information content (AvgIpc) is 2.68. The quantitative estimate of drug-likeness (QED) is 0.806. The molecule has 21 heavy (non-hydrogen) atoms. The van der Waals surface area contributed by atoms with E-state index in [4.69, 9.17) is 4.42 Å². The third-order valence-corrected chi connectivity index (χ3v) is 4.03. The molecule has 0 aliphatic rings. The van der Waals surface area contributed by atoms with Crippen LogP contribution in [-0.2, 0) is 5.41 Å². The van der Waals surface area contributed by atoms with E-state index in [1.807, 2.05) is 7.05 Å². The van der Waals surface area contributed by atoms with E-state index < -0.39 is 0 Å². The van der Waals surface area contributed by atoms with Crippen LogP contribution in [0.2, 0.25) is 0 Å². The molecule has 0 radical (unpaired) electrons. The van der Waals surface area contributed by atoms with Crippen LogP contribution in [-0.4, -0.2) is 7.05 Å². The van der Waals surface area contributed by atoms with Gasteiger partial charge in [0, 0.05) is 10.9 Å². The number of benzene rings is 1. The van der Waals surface area contributed by atoms with Crippen molar-refractivity contribution >= 4 is 11.0 Å². The standard InChI is InChI=1S/C19H29NO/c1-12-9-13-11-15(17(20-8)19(5,6)7)21-16(13)14(10-12)18(2,3)4/h9-11,17,20H,1-8H3.